The summed E-state index contributed by atoms with van der Waals surface area (Å²) in [7, 11) is 0. The summed E-state index contributed by atoms with van der Waals surface area (Å²) >= 11 is 3.48. The average Bonchev–Trinajstić information content (AvgIpc) is 2.81. The molecule has 34 heavy (non-hydrogen) atoms. The van der Waals surface area contributed by atoms with Crippen molar-refractivity contribution in [2.45, 2.75) is 33.1 Å². The van der Waals surface area contributed by atoms with Crippen LogP contribution in [0.3, 0.4) is 0 Å². The van der Waals surface area contributed by atoms with Crippen molar-refractivity contribution in [3.05, 3.63) is 94.0 Å². The highest BCUT2D eigenvalue weighted by molar-refractivity contribution is 9.10. The Bertz CT molecular complexity index is 1390. The number of halogens is 1. The Morgan fingerprint density at radius 2 is 1.65 bits per heavy atom. The normalized spacial score (nSPS) is 12.1. The summed E-state index contributed by atoms with van der Waals surface area (Å²) in [5, 5.41) is 14.7. The van der Waals surface area contributed by atoms with Gasteiger partial charge in [0.2, 0.25) is 0 Å². The van der Waals surface area contributed by atoms with Crippen LogP contribution in [0.2, 0.25) is 0 Å². The van der Waals surface area contributed by atoms with Crippen molar-refractivity contribution in [1.29, 1.82) is 0 Å². The topological polar surface area (TPSA) is 74.6 Å². The van der Waals surface area contributed by atoms with Crippen molar-refractivity contribution >= 4 is 38.5 Å². The number of amides is 1. The van der Waals surface area contributed by atoms with E-state index in [1.54, 1.807) is 30.3 Å². The van der Waals surface area contributed by atoms with E-state index in [0.29, 0.717) is 22.5 Å². The second-order valence-corrected chi connectivity index (χ2v) is 10.1. The van der Waals surface area contributed by atoms with Crippen LogP contribution in [-0.2, 0) is 5.41 Å². The number of carbonyl (C=O) groups is 1. The van der Waals surface area contributed by atoms with Gasteiger partial charge in [-0.15, -0.1) is 0 Å². The smallest absolute Gasteiger partial charge is 0.272 e. The van der Waals surface area contributed by atoms with Crippen LogP contribution in [-0.4, -0.2) is 21.7 Å². The molecule has 172 valence electrons. The Balaban J connectivity index is 1.67. The number of rotatable bonds is 4. The molecule has 0 unspecified atom stereocenters. The van der Waals surface area contributed by atoms with Gasteiger partial charge < -0.3 is 5.11 Å². The lowest BCUT2D eigenvalue weighted by molar-refractivity contribution is 0.0956. The van der Waals surface area contributed by atoms with Gasteiger partial charge >= 0.3 is 0 Å². The van der Waals surface area contributed by atoms with Crippen molar-refractivity contribution in [1.82, 2.24) is 10.4 Å². The molecule has 0 aliphatic heterocycles. The molecule has 3 aromatic carbocycles. The maximum absolute atomic E-state index is 13.2. The van der Waals surface area contributed by atoms with Crippen molar-refractivity contribution in [3.63, 3.8) is 0 Å². The molecule has 0 saturated heterocycles. The number of hydrogen-bond donors (Lipinski definition) is 2. The van der Waals surface area contributed by atoms with Crippen LogP contribution in [0.5, 0.6) is 5.75 Å². The number of fused-ring (bicyclic) bond motifs is 1. The van der Waals surface area contributed by atoms with E-state index in [2.05, 4.69) is 59.4 Å². The molecule has 4 rings (SSSR count). The monoisotopic (exact) mass is 515 g/mol. The van der Waals surface area contributed by atoms with Gasteiger partial charge in [0.25, 0.3) is 5.91 Å². The molecule has 0 fully saturated rings. The summed E-state index contributed by atoms with van der Waals surface area (Å²) in [6.45, 7) is 8.39. The lowest BCUT2D eigenvalue weighted by atomic mass is 9.86. The van der Waals surface area contributed by atoms with Gasteiger partial charge in [0.05, 0.1) is 22.5 Å². The fourth-order valence-corrected chi connectivity index (χ4v) is 4.00. The third kappa shape index (κ3) is 5.18. The summed E-state index contributed by atoms with van der Waals surface area (Å²) in [4.78, 5) is 17.9. The highest BCUT2D eigenvalue weighted by atomic mass is 79.9. The van der Waals surface area contributed by atoms with Crippen LogP contribution in [0, 0.1) is 0 Å². The SMILES string of the molecule is C/C(=N/NC(=O)c1cc(-c2ccc(O)cc2)nc2ccc(Br)cc12)c1ccc(C(C)(C)C)cc1. The van der Waals surface area contributed by atoms with Gasteiger partial charge in [-0.1, -0.05) is 61.0 Å². The van der Waals surface area contributed by atoms with E-state index in [1.165, 1.54) is 5.56 Å². The second-order valence-electron chi connectivity index (χ2n) is 9.23. The highest BCUT2D eigenvalue weighted by Gasteiger charge is 2.16. The zero-order chi connectivity index (χ0) is 24.5. The van der Waals surface area contributed by atoms with Crippen molar-refractivity contribution in [2.24, 2.45) is 5.10 Å². The van der Waals surface area contributed by atoms with E-state index >= 15 is 0 Å². The largest absolute Gasteiger partial charge is 0.508 e. The minimum Gasteiger partial charge on any atom is -0.508 e. The molecule has 0 aliphatic carbocycles. The van der Waals surface area contributed by atoms with Crippen molar-refractivity contribution < 1.29 is 9.90 Å². The predicted octanol–water partition coefficient (Wildman–Crippen LogP) is 6.82. The lowest BCUT2D eigenvalue weighted by Crippen LogP contribution is -2.20. The fraction of sp³-hybridized carbons (Fsp3) is 0.179. The van der Waals surface area contributed by atoms with Gasteiger partial charge in [-0.25, -0.2) is 10.4 Å². The maximum Gasteiger partial charge on any atom is 0.272 e. The summed E-state index contributed by atoms with van der Waals surface area (Å²) in [5.74, 6) is -0.150. The van der Waals surface area contributed by atoms with E-state index in [9.17, 15) is 9.90 Å². The molecule has 0 radical (unpaired) electrons. The standard InChI is InChI=1S/C28H26BrN3O2/c1-17(18-5-9-20(10-6-18)28(2,3)4)31-32-27(34)24-16-26(19-7-12-22(33)13-8-19)30-25-14-11-21(29)15-23(24)25/h5-16,33H,1-4H3,(H,32,34)/b31-17-. The molecule has 1 amide bonds. The molecule has 1 heterocycles. The first-order valence-electron chi connectivity index (χ1n) is 11.0. The third-order valence-corrected chi connectivity index (χ3v) is 6.17. The van der Waals surface area contributed by atoms with Gasteiger partial charge in [0.15, 0.2) is 0 Å². The van der Waals surface area contributed by atoms with Crippen molar-refractivity contribution in [2.75, 3.05) is 0 Å². The van der Waals surface area contributed by atoms with Gasteiger partial charge in [-0.05, 0) is 72.0 Å². The summed E-state index contributed by atoms with van der Waals surface area (Å²) in [6.07, 6.45) is 0. The third-order valence-electron chi connectivity index (χ3n) is 5.67. The number of phenolic OH excluding ortho intramolecular Hbond substituents is 1. The Kier molecular flexibility index (Phi) is 6.53. The number of phenols is 1. The first kappa shape index (κ1) is 23.6. The molecular weight excluding hydrogens is 490 g/mol. The maximum atomic E-state index is 13.2. The second kappa shape index (κ2) is 9.39. The molecular formula is C28H26BrN3O2. The molecule has 1 aromatic heterocycles. The van der Waals surface area contributed by atoms with E-state index in [4.69, 9.17) is 4.98 Å². The molecule has 5 nitrogen and oxygen atoms in total. The van der Waals surface area contributed by atoms with Gasteiger partial charge in [-0.3, -0.25) is 4.79 Å². The number of hydrogen-bond acceptors (Lipinski definition) is 4. The Morgan fingerprint density at radius 1 is 0.971 bits per heavy atom. The number of aromatic hydroxyl groups is 1. The molecule has 0 bridgehead atoms. The van der Waals surface area contributed by atoms with E-state index in [0.717, 1.165) is 21.0 Å². The van der Waals surface area contributed by atoms with E-state index < -0.39 is 0 Å². The van der Waals surface area contributed by atoms with Crippen LogP contribution >= 0.6 is 15.9 Å². The predicted molar refractivity (Wildman–Crippen MR) is 141 cm³/mol. The van der Waals surface area contributed by atoms with Crippen LogP contribution in [0.15, 0.2) is 82.4 Å². The van der Waals surface area contributed by atoms with E-state index in [-0.39, 0.29) is 17.1 Å². The zero-order valence-electron chi connectivity index (χ0n) is 19.6. The van der Waals surface area contributed by atoms with E-state index in [1.807, 2.05) is 37.3 Å². The fourth-order valence-electron chi connectivity index (χ4n) is 3.64. The molecule has 6 heteroatoms. The Labute approximate surface area is 207 Å². The number of nitrogens with one attached hydrogen (secondary N) is 1. The highest BCUT2D eigenvalue weighted by Crippen LogP contribution is 2.28. The van der Waals surface area contributed by atoms with Gasteiger partial charge in [0.1, 0.15) is 5.75 Å². The van der Waals surface area contributed by atoms with Crippen molar-refractivity contribution in [3.8, 4) is 17.0 Å². The number of benzene rings is 3. The summed E-state index contributed by atoms with van der Waals surface area (Å²) in [5.41, 5.74) is 8.28. The minimum atomic E-state index is -0.323. The summed E-state index contributed by atoms with van der Waals surface area (Å²) in [6, 6.07) is 22.3. The van der Waals surface area contributed by atoms with Crippen LogP contribution in [0.4, 0.5) is 0 Å². The van der Waals surface area contributed by atoms with Crippen LogP contribution in [0.1, 0.15) is 49.2 Å². The molecule has 0 aliphatic rings. The quantitative estimate of drug-likeness (QED) is 0.231. The number of aromatic nitrogens is 1. The molecule has 0 spiro atoms. The van der Waals surface area contributed by atoms with Crippen LogP contribution in [0.25, 0.3) is 22.2 Å². The minimum absolute atomic E-state index is 0.0731. The number of hydrazone groups is 1. The van der Waals surface area contributed by atoms with Gasteiger partial charge in [-0.2, -0.15) is 5.10 Å². The Morgan fingerprint density at radius 3 is 2.29 bits per heavy atom. The zero-order valence-corrected chi connectivity index (χ0v) is 21.1. The molecule has 0 saturated carbocycles. The average molecular weight is 516 g/mol. The Hall–Kier alpha value is -3.51. The first-order valence-corrected chi connectivity index (χ1v) is 11.8. The summed E-state index contributed by atoms with van der Waals surface area (Å²) < 4.78 is 0.854. The van der Waals surface area contributed by atoms with Gasteiger partial charge in [0, 0.05) is 15.4 Å². The molecule has 0 atom stereocenters. The molecule has 4 aromatic rings. The number of nitrogens with zero attached hydrogens (tertiary/aromatic N) is 2. The number of pyridine rings is 1. The number of carbonyl (C=O) groups excluding carboxylic acids is 1. The first-order chi connectivity index (χ1) is 16.1. The molecule has 2 N–H and O–H groups in total. The van der Waals surface area contributed by atoms with Crippen LogP contribution < -0.4 is 5.43 Å². The lowest BCUT2D eigenvalue weighted by Gasteiger charge is -2.19.